The molecule has 0 aliphatic carbocycles. The van der Waals surface area contributed by atoms with Gasteiger partial charge >= 0.3 is 0 Å². The van der Waals surface area contributed by atoms with Crippen molar-refractivity contribution < 1.29 is 5.11 Å². The standard InChI is InChI=1S/C17H20O/c1-17(18,16-12-6-3-7-13-16)14-8-11-15-9-4-2-5-10-15/h2-7,9-10,12-13,18H,8,11,14H2,1H3/t17-/m0/s1. The lowest BCUT2D eigenvalue weighted by atomic mass is 9.90. The quantitative estimate of drug-likeness (QED) is 0.840. The molecule has 0 heterocycles. The predicted molar refractivity (Wildman–Crippen MR) is 75.4 cm³/mol. The minimum absolute atomic E-state index is 0.726. The molecule has 0 bridgehead atoms. The molecular weight excluding hydrogens is 220 g/mol. The number of benzene rings is 2. The summed E-state index contributed by atoms with van der Waals surface area (Å²) in [6.45, 7) is 1.90. The van der Waals surface area contributed by atoms with Gasteiger partial charge in [0, 0.05) is 0 Å². The van der Waals surface area contributed by atoms with E-state index >= 15 is 0 Å². The predicted octanol–water partition coefficient (Wildman–Crippen LogP) is 3.92. The van der Waals surface area contributed by atoms with Gasteiger partial charge in [0.15, 0.2) is 0 Å². The summed E-state index contributed by atoms with van der Waals surface area (Å²) in [6, 6.07) is 20.3. The van der Waals surface area contributed by atoms with Crippen LogP contribution in [0.3, 0.4) is 0 Å². The molecule has 0 spiro atoms. The van der Waals surface area contributed by atoms with Crippen LogP contribution in [-0.4, -0.2) is 5.11 Å². The van der Waals surface area contributed by atoms with E-state index in [1.165, 1.54) is 5.56 Å². The van der Waals surface area contributed by atoms with Gasteiger partial charge in [-0.25, -0.2) is 0 Å². The second-order valence-corrected chi connectivity index (χ2v) is 4.98. The molecule has 1 N–H and O–H groups in total. The molecule has 2 aromatic carbocycles. The normalized spacial score (nSPS) is 14.1. The second-order valence-electron chi connectivity index (χ2n) is 4.98. The van der Waals surface area contributed by atoms with Crippen LogP contribution in [0.25, 0.3) is 0 Å². The first-order chi connectivity index (χ1) is 8.68. The van der Waals surface area contributed by atoms with E-state index < -0.39 is 5.60 Å². The third-order valence-electron chi connectivity index (χ3n) is 3.37. The van der Waals surface area contributed by atoms with Gasteiger partial charge in [-0.05, 0) is 37.3 Å². The Balaban J connectivity index is 1.90. The van der Waals surface area contributed by atoms with Crippen molar-refractivity contribution in [2.45, 2.75) is 31.8 Å². The van der Waals surface area contributed by atoms with Gasteiger partial charge in [0.2, 0.25) is 0 Å². The highest BCUT2D eigenvalue weighted by Crippen LogP contribution is 2.26. The zero-order valence-electron chi connectivity index (χ0n) is 10.8. The third kappa shape index (κ3) is 3.44. The van der Waals surface area contributed by atoms with Crippen LogP contribution in [0, 0.1) is 0 Å². The molecule has 1 atom stereocenters. The molecule has 0 unspecified atom stereocenters. The fraction of sp³-hybridized carbons (Fsp3) is 0.294. The topological polar surface area (TPSA) is 20.2 Å². The van der Waals surface area contributed by atoms with Gasteiger partial charge < -0.3 is 5.11 Å². The maximum atomic E-state index is 10.5. The first-order valence-corrected chi connectivity index (χ1v) is 6.50. The van der Waals surface area contributed by atoms with Crippen LogP contribution in [0.15, 0.2) is 60.7 Å². The van der Waals surface area contributed by atoms with E-state index in [0.717, 1.165) is 24.8 Å². The molecule has 94 valence electrons. The summed E-state index contributed by atoms with van der Waals surface area (Å²) in [5.74, 6) is 0. The highest BCUT2D eigenvalue weighted by Gasteiger charge is 2.21. The largest absolute Gasteiger partial charge is 0.385 e. The van der Waals surface area contributed by atoms with Crippen LogP contribution in [0.4, 0.5) is 0 Å². The number of aliphatic hydroxyl groups is 1. The molecule has 0 aromatic heterocycles. The van der Waals surface area contributed by atoms with Crippen molar-refractivity contribution in [1.29, 1.82) is 0 Å². The number of hydrogen-bond donors (Lipinski definition) is 1. The molecule has 18 heavy (non-hydrogen) atoms. The number of hydrogen-bond acceptors (Lipinski definition) is 1. The molecule has 0 saturated carbocycles. The van der Waals surface area contributed by atoms with E-state index in [9.17, 15) is 5.11 Å². The van der Waals surface area contributed by atoms with Gasteiger partial charge in [0.25, 0.3) is 0 Å². The minimum Gasteiger partial charge on any atom is -0.385 e. The molecule has 0 saturated heterocycles. The van der Waals surface area contributed by atoms with Crippen LogP contribution in [-0.2, 0) is 12.0 Å². The molecule has 0 radical (unpaired) electrons. The highest BCUT2D eigenvalue weighted by molar-refractivity contribution is 5.21. The SMILES string of the molecule is C[C@](O)(CCCc1ccccc1)c1ccccc1. The van der Waals surface area contributed by atoms with E-state index in [1.807, 2.05) is 43.3 Å². The first kappa shape index (κ1) is 12.8. The summed E-state index contributed by atoms with van der Waals surface area (Å²) < 4.78 is 0. The Labute approximate surface area is 109 Å². The van der Waals surface area contributed by atoms with Crippen molar-refractivity contribution in [2.24, 2.45) is 0 Å². The van der Waals surface area contributed by atoms with Crippen molar-refractivity contribution >= 4 is 0 Å². The van der Waals surface area contributed by atoms with Crippen LogP contribution >= 0.6 is 0 Å². The Kier molecular flexibility index (Phi) is 4.16. The summed E-state index contributed by atoms with van der Waals surface area (Å²) in [6.07, 6.45) is 2.79. The average molecular weight is 240 g/mol. The molecule has 0 aliphatic heterocycles. The molecule has 0 amide bonds. The lowest BCUT2D eigenvalue weighted by Crippen LogP contribution is -2.21. The lowest BCUT2D eigenvalue weighted by Gasteiger charge is -2.23. The van der Waals surface area contributed by atoms with Gasteiger partial charge in [-0.2, -0.15) is 0 Å². The summed E-state index contributed by atoms with van der Waals surface area (Å²) in [5, 5.41) is 10.5. The third-order valence-corrected chi connectivity index (χ3v) is 3.37. The smallest absolute Gasteiger partial charge is 0.0868 e. The van der Waals surface area contributed by atoms with Crippen molar-refractivity contribution in [1.82, 2.24) is 0 Å². The molecule has 0 fully saturated rings. The molecule has 0 aliphatic rings. The fourth-order valence-electron chi connectivity index (χ4n) is 2.22. The Hall–Kier alpha value is -1.60. The maximum Gasteiger partial charge on any atom is 0.0868 e. The molecular formula is C17H20O. The second kappa shape index (κ2) is 5.83. The summed E-state index contributed by atoms with van der Waals surface area (Å²) in [7, 11) is 0. The van der Waals surface area contributed by atoms with Gasteiger partial charge in [0.05, 0.1) is 5.60 Å². The number of aryl methyl sites for hydroxylation is 1. The molecule has 1 nitrogen and oxygen atoms in total. The van der Waals surface area contributed by atoms with Crippen LogP contribution in [0.5, 0.6) is 0 Å². The van der Waals surface area contributed by atoms with E-state index in [2.05, 4.69) is 24.3 Å². The first-order valence-electron chi connectivity index (χ1n) is 6.50. The van der Waals surface area contributed by atoms with E-state index in [4.69, 9.17) is 0 Å². The van der Waals surface area contributed by atoms with Crippen molar-refractivity contribution in [2.75, 3.05) is 0 Å². The van der Waals surface area contributed by atoms with Gasteiger partial charge in [-0.15, -0.1) is 0 Å². The van der Waals surface area contributed by atoms with Gasteiger partial charge in [-0.1, -0.05) is 60.7 Å². The zero-order chi connectivity index (χ0) is 12.8. The van der Waals surface area contributed by atoms with Crippen molar-refractivity contribution in [3.63, 3.8) is 0 Å². The van der Waals surface area contributed by atoms with E-state index in [-0.39, 0.29) is 0 Å². The summed E-state index contributed by atoms with van der Waals surface area (Å²) >= 11 is 0. The monoisotopic (exact) mass is 240 g/mol. The van der Waals surface area contributed by atoms with Gasteiger partial charge in [0.1, 0.15) is 0 Å². The Morgan fingerprint density at radius 1 is 0.889 bits per heavy atom. The summed E-state index contributed by atoms with van der Waals surface area (Å²) in [5.41, 5.74) is 1.61. The molecule has 2 rings (SSSR count). The maximum absolute atomic E-state index is 10.5. The van der Waals surface area contributed by atoms with Crippen LogP contribution in [0.2, 0.25) is 0 Å². The average Bonchev–Trinajstić information content (AvgIpc) is 2.41. The minimum atomic E-state index is -0.726. The van der Waals surface area contributed by atoms with Crippen molar-refractivity contribution in [3.8, 4) is 0 Å². The lowest BCUT2D eigenvalue weighted by molar-refractivity contribution is 0.0457. The molecule has 2 aromatic rings. The zero-order valence-corrected chi connectivity index (χ0v) is 10.8. The van der Waals surface area contributed by atoms with Gasteiger partial charge in [-0.3, -0.25) is 0 Å². The van der Waals surface area contributed by atoms with Crippen molar-refractivity contribution in [3.05, 3.63) is 71.8 Å². The summed E-state index contributed by atoms with van der Waals surface area (Å²) in [4.78, 5) is 0. The van der Waals surface area contributed by atoms with E-state index in [0.29, 0.717) is 0 Å². The highest BCUT2D eigenvalue weighted by atomic mass is 16.3. The van der Waals surface area contributed by atoms with Crippen LogP contribution < -0.4 is 0 Å². The molecule has 1 heteroatoms. The van der Waals surface area contributed by atoms with E-state index in [1.54, 1.807) is 0 Å². The van der Waals surface area contributed by atoms with Crippen LogP contribution in [0.1, 0.15) is 30.9 Å². The Bertz CT molecular complexity index is 459. The fourth-order valence-corrected chi connectivity index (χ4v) is 2.22. The number of rotatable bonds is 5. The Morgan fingerprint density at radius 2 is 1.44 bits per heavy atom. The Morgan fingerprint density at radius 3 is 2.06 bits per heavy atom.